The SMILES string of the molecule is O=C(O)c1ccc2occ(COc3ccccc3)c2c1. The van der Waals surface area contributed by atoms with E-state index in [2.05, 4.69) is 0 Å². The molecule has 0 aliphatic rings. The first-order valence-electron chi connectivity index (χ1n) is 6.15. The molecule has 3 rings (SSSR count). The molecule has 0 spiro atoms. The maximum atomic E-state index is 11.0. The Morgan fingerprint density at radius 3 is 2.70 bits per heavy atom. The fourth-order valence-electron chi connectivity index (χ4n) is 2.00. The molecule has 3 aromatic rings. The highest BCUT2D eigenvalue weighted by Crippen LogP contribution is 2.24. The predicted molar refractivity (Wildman–Crippen MR) is 73.9 cm³/mol. The summed E-state index contributed by atoms with van der Waals surface area (Å²) in [6.07, 6.45) is 1.60. The fraction of sp³-hybridized carbons (Fsp3) is 0.0625. The molecule has 0 bridgehead atoms. The minimum atomic E-state index is -0.956. The van der Waals surface area contributed by atoms with Crippen molar-refractivity contribution >= 4 is 16.9 Å². The van der Waals surface area contributed by atoms with Gasteiger partial charge in [0.25, 0.3) is 0 Å². The van der Waals surface area contributed by atoms with Gasteiger partial charge in [-0.05, 0) is 30.3 Å². The number of carbonyl (C=O) groups is 1. The van der Waals surface area contributed by atoms with Gasteiger partial charge >= 0.3 is 5.97 Å². The molecule has 100 valence electrons. The molecule has 0 saturated heterocycles. The summed E-state index contributed by atoms with van der Waals surface area (Å²) in [6.45, 7) is 0.333. The van der Waals surface area contributed by atoms with Crippen LogP contribution in [-0.4, -0.2) is 11.1 Å². The molecule has 0 radical (unpaired) electrons. The third-order valence-electron chi connectivity index (χ3n) is 3.04. The van der Waals surface area contributed by atoms with Gasteiger partial charge in [-0.3, -0.25) is 0 Å². The molecule has 0 aliphatic heterocycles. The second kappa shape index (κ2) is 5.09. The Kier molecular flexibility index (Phi) is 3.13. The van der Waals surface area contributed by atoms with Crippen LogP contribution < -0.4 is 4.74 Å². The molecule has 1 N–H and O–H groups in total. The number of hydrogen-bond donors (Lipinski definition) is 1. The van der Waals surface area contributed by atoms with Crippen LogP contribution in [-0.2, 0) is 6.61 Å². The quantitative estimate of drug-likeness (QED) is 0.783. The van der Waals surface area contributed by atoms with Gasteiger partial charge in [0, 0.05) is 10.9 Å². The molecule has 0 saturated carbocycles. The lowest BCUT2D eigenvalue weighted by molar-refractivity contribution is 0.0697. The minimum Gasteiger partial charge on any atom is -0.489 e. The van der Waals surface area contributed by atoms with Gasteiger partial charge in [-0.25, -0.2) is 4.79 Å². The normalized spacial score (nSPS) is 10.6. The van der Waals surface area contributed by atoms with E-state index in [-0.39, 0.29) is 5.56 Å². The van der Waals surface area contributed by atoms with Gasteiger partial charge in [-0.15, -0.1) is 0 Å². The molecule has 20 heavy (non-hydrogen) atoms. The Morgan fingerprint density at radius 1 is 1.15 bits per heavy atom. The average Bonchev–Trinajstić information content (AvgIpc) is 2.88. The van der Waals surface area contributed by atoms with E-state index in [1.165, 1.54) is 6.07 Å². The van der Waals surface area contributed by atoms with Crippen LogP contribution in [0.15, 0.2) is 59.2 Å². The lowest BCUT2D eigenvalue weighted by Crippen LogP contribution is -1.97. The summed E-state index contributed by atoms with van der Waals surface area (Å²) in [5, 5.41) is 9.78. The van der Waals surface area contributed by atoms with Gasteiger partial charge < -0.3 is 14.3 Å². The Hall–Kier alpha value is -2.75. The minimum absolute atomic E-state index is 0.236. The topological polar surface area (TPSA) is 59.7 Å². The molecule has 1 aromatic heterocycles. The van der Waals surface area contributed by atoms with Crippen molar-refractivity contribution in [2.75, 3.05) is 0 Å². The van der Waals surface area contributed by atoms with Crippen molar-refractivity contribution in [2.24, 2.45) is 0 Å². The molecule has 0 unspecified atom stereocenters. The first kappa shape index (κ1) is 12.3. The zero-order chi connectivity index (χ0) is 13.9. The summed E-state index contributed by atoms with van der Waals surface area (Å²) >= 11 is 0. The van der Waals surface area contributed by atoms with Gasteiger partial charge in [0.1, 0.15) is 17.9 Å². The number of aromatic carboxylic acids is 1. The van der Waals surface area contributed by atoms with Crippen LogP contribution in [0.4, 0.5) is 0 Å². The van der Waals surface area contributed by atoms with E-state index < -0.39 is 5.97 Å². The van der Waals surface area contributed by atoms with Crippen molar-refractivity contribution in [3.05, 3.63) is 65.9 Å². The summed E-state index contributed by atoms with van der Waals surface area (Å²) in [7, 11) is 0. The van der Waals surface area contributed by atoms with Crippen molar-refractivity contribution < 1.29 is 19.1 Å². The molecule has 0 amide bonds. The van der Waals surface area contributed by atoms with Gasteiger partial charge in [0.05, 0.1) is 11.8 Å². The molecule has 4 nitrogen and oxygen atoms in total. The Balaban J connectivity index is 1.88. The number of fused-ring (bicyclic) bond motifs is 1. The molecular formula is C16H12O4. The molecule has 1 heterocycles. The van der Waals surface area contributed by atoms with Crippen molar-refractivity contribution in [2.45, 2.75) is 6.61 Å². The third-order valence-corrected chi connectivity index (χ3v) is 3.04. The molecule has 0 aliphatic carbocycles. The largest absolute Gasteiger partial charge is 0.489 e. The molecular weight excluding hydrogens is 256 g/mol. The molecule has 2 aromatic carbocycles. The van der Waals surface area contributed by atoms with Crippen molar-refractivity contribution in [1.82, 2.24) is 0 Å². The van der Waals surface area contributed by atoms with E-state index in [1.807, 2.05) is 30.3 Å². The smallest absolute Gasteiger partial charge is 0.335 e. The van der Waals surface area contributed by atoms with Crippen LogP contribution in [0.5, 0.6) is 5.75 Å². The van der Waals surface area contributed by atoms with E-state index in [1.54, 1.807) is 18.4 Å². The average molecular weight is 268 g/mol. The maximum absolute atomic E-state index is 11.0. The highest BCUT2D eigenvalue weighted by molar-refractivity contribution is 5.93. The zero-order valence-electron chi connectivity index (χ0n) is 10.6. The van der Waals surface area contributed by atoms with E-state index in [4.69, 9.17) is 14.3 Å². The summed E-state index contributed by atoms with van der Waals surface area (Å²) in [6, 6.07) is 14.2. The number of furan rings is 1. The van der Waals surface area contributed by atoms with Gasteiger partial charge in [0.2, 0.25) is 0 Å². The van der Waals surface area contributed by atoms with Crippen LogP contribution in [0.3, 0.4) is 0 Å². The second-order valence-corrected chi connectivity index (χ2v) is 4.38. The van der Waals surface area contributed by atoms with E-state index in [0.29, 0.717) is 12.2 Å². The Labute approximate surface area is 115 Å². The van der Waals surface area contributed by atoms with Crippen LogP contribution >= 0.6 is 0 Å². The number of rotatable bonds is 4. The first-order chi connectivity index (χ1) is 9.74. The fourth-order valence-corrected chi connectivity index (χ4v) is 2.00. The predicted octanol–water partition coefficient (Wildman–Crippen LogP) is 3.71. The van der Waals surface area contributed by atoms with E-state index in [0.717, 1.165) is 16.7 Å². The number of carboxylic acids is 1. The molecule has 0 fully saturated rings. The number of carboxylic acid groups (broad SMARTS) is 1. The Bertz CT molecular complexity index is 744. The second-order valence-electron chi connectivity index (χ2n) is 4.38. The third kappa shape index (κ3) is 2.36. The summed E-state index contributed by atoms with van der Waals surface area (Å²) in [5.74, 6) is -0.195. The number of hydrogen-bond acceptors (Lipinski definition) is 3. The van der Waals surface area contributed by atoms with Crippen molar-refractivity contribution in [1.29, 1.82) is 0 Å². The summed E-state index contributed by atoms with van der Waals surface area (Å²) < 4.78 is 11.1. The van der Waals surface area contributed by atoms with Crippen LogP contribution in [0.1, 0.15) is 15.9 Å². The lowest BCUT2D eigenvalue weighted by Gasteiger charge is -2.04. The highest BCUT2D eigenvalue weighted by atomic mass is 16.5. The number of benzene rings is 2. The van der Waals surface area contributed by atoms with Crippen LogP contribution in [0.25, 0.3) is 11.0 Å². The monoisotopic (exact) mass is 268 g/mol. The van der Waals surface area contributed by atoms with E-state index in [9.17, 15) is 4.79 Å². The van der Waals surface area contributed by atoms with Crippen molar-refractivity contribution in [3.8, 4) is 5.75 Å². The van der Waals surface area contributed by atoms with Crippen LogP contribution in [0, 0.1) is 0 Å². The highest BCUT2D eigenvalue weighted by Gasteiger charge is 2.10. The first-order valence-corrected chi connectivity index (χ1v) is 6.15. The van der Waals surface area contributed by atoms with Gasteiger partial charge in [-0.1, -0.05) is 18.2 Å². The Morgan fingerprint density at radius 2 is 1.95 bits per heavy atom. The molecule has 0 atom stereocenters. The lowest BCUT2D eigenvalue weighted by atomic mass is 10.1. The standard InChI is InChI=1S/C16H12O4/c17-16(18)11-6-7-15-14(8-11)12(10-20-15)9-19-13-4-2-1-3-5-13/h1-8,10H,9H2,(H,17,18). The maximum Gasteiger partial charge on any atom is 0.335 e. The van der Waals surface area contributed by atoms with Crippen LogP contribution in [0.2, 0.25) is 0 Å². The summed E-state index contributed by atoms with van der Waals surface area (Å²) in [5.41, 5.74) is 1.72. The summed E-state index contributed by atoms with van der Waals surface area (Å²) in [4.78, 5) is 11.0. The zero-order valence-corrected chi connectivity index (χ0v) is 10.6. The molecule has 4 heteroatoms. The number of ether oxygens (including phenoxy) is 1. The number of para-hydroxylation sites is 1. The van der Waals surface area contributed by atoms with Gasteiger partial charge in [0.15, 0.2) is 0 Å². The van der Waals surface area contributed by atoms with Crippen molar-refractivity contribution in [3.63, 3.8) is 0 Å². The van der Waals surface area contributed by atoms with Gasteiger partial charge in [-0.2, -0.15) is 0 Å². The van der Waals surface area contributed by atoms with E-state index >= 15 is 0 Å².